The number of anilines is 1. The lowest BCUT2D eigenvalue weighted by atomic mass is 10.1. The molecule has 0 radical (unpaired) electrons. The normalized spacial score (nSPS) is 10.9. The molecule has 1 heterocycles. The Labute approximate surface area is 201 Å². The molecule has 1 N–H and O–H groups in total. The molecular formula is C25H22ClFN4OS. The van der Waals surface area contributed by atoms with Gasteiger partial charge in [0.15, 0.2) is 11.0 Å². The summed E-state index contributed by atoms with van der Waals surface area (Å²) in [6.45, 7) is 4.01. The fraction of sp³-hybridized carbons (Fsp3) is 0.160. The number of aromatic nitrogens is 3. The van der Waals surface area contributed by atoms with Crippen LogP contribution in [0.25, 0.3) is 17.1 Å². The van der Waals surface area contributed by atoms with E-state index in [0.717, 1.165) is 23.2 Å². The summed E-state index contributed by atoms with van der Waals surface area (Å²) in [4.78, 5) is 12.8. The van der Waals surface area contributed by atoms with Crippen LogP contribution in [0.1, 0.15) is 18.1 Å². The number of para-hydroxylation sites is 2. The average Bonchev–Trinajstić information content (AvgIpc) is 3.23. The summed E-state index contributed by atoms with van der Waals surface area (Å²) in [6, 6.07) is 19.5. The van der Waals surface area contributed by atoms with E-state index in [1.54, 1.807) is 34.9 Å². The highest BCUT2D eigenvalue weighted by Crippen LogP contribution is 2.33. The van der Waals surface area contributed by atoms with E-state index in [1.165, 1.54) is 17.8 Å². The highest BCUT2D eigenvalue weighted by atomic mass is 35.5. The zero-order valence-electron chi connectivity index (χ0n) is 18.2. The van der Waals surface area contributed by atoms with Gasteiger partial charge in [-0.3, -0.25) is 9.36 Å². The quantitative estimate of drug-likeness (QED) is 0.314. The van der Waals surface area contributed by atoms with E-state index in [1.807, 2.05) is 44.2 Å². The van der Waals surface area contributed by atoms with Gasteiger partial charge in [0, 0.05) is 11.3 Å². The number of hydrogen-bond donors (Lipinski definition) is 1. The number of carbonyl (C=O) groups excluding carboxylic acids is 1. The van der Waals surface area contributed by atoms with Crippen LogP contribution in [0.2, 0.25) is 5.02 Å². The average molecular weight is 481 g/mol. The highest BCUT2D eigenvalue weighted by molar-refractivity contribution is 7.99. The summed E-state index contributed by atoms with van der Waals surface area (Å²) in [5.41, 5.74) is 3.82. The van der Waals surface area contributed by atoms with Crippen LogP contribution >= 0.6 is 23.4 Å². The summed E-state index contributed by atoms with van der Waals surface area (Å²) in [7, 11) is 0. The second-order valence-corrected chi connectivity index (χ2v) is 8.72. The Bertz CT molecular complexity index is 1310. The fourth-order valence-electron chi connectivity index (χ4n) is 3.54. The Kier molecular flexibility index (Phi) is 7.11. The van der Waals surface area contributed by atoms with Gasteiger partial charge < -0.3 is 5.32 Å². The summed E-state index contributed by atoms with van der Waals surface area (Å²) < 4.78 is 16.3. The number of amides is 1. The maximum absolute atomic E-state index is 14.7. The number of nitrogens with one attached hydrogen (secondary N) is 1. The third-order valence-electron chi connectivity index (χ3n) is 5.18. The number of thioether (sulfide) groups is 1. The molecule has 0 saturated heterocycles. The van der Waals surface area contributed by atoms with Crippen LogP contribution in [0.5, 0.6) is 0 Å². The molecule has 0 fully saturated rings. The van der Waals surface area contributed by atoms with E-state index in [4.69, 9.17) is 11.6 Å². The molecule has 4 aromatic rings. The van der Waals surface area contributed by atoms with Gasteiger partial charge in [-0.1, -0.05) is 72.8 Å². The largest absolute Gasteiger partial charge is 0.325 e. The van der Waals surface area contributed by atoms with E-state index < -0.39 is 5.82 Å². The van der Waals surface area contributed by atoms with Crippen molar-refractivity contribution >= 4 is 35.0 Å². The summed E-state index contributed by atoms with van der Waals surface area (Å²) in [6.07, 6.45) is 0.813. The topological polar surface area (TPSA) is 59.8 Å². The first kappa shape index (κ1) is 23.0. The first-order valence-corrected chi connectivity index (χ1v) is 11.8. The molecule has 3 aromatic carbocycles. The molecule has 0 aliphatic heterocycles. The molecule has 1 aromatic heterocycles. The van der Waals surface area contributed by atoms with Crippen molar-refractivity contribution in [2.75, 3.05) is 11.1 Å². The Hall–Kier alpha value is -3.16. The van der Waals surface area contributed by atoms with Gasteiger partial charge in [-0.25, -0.2) is 4.39 Å². The van der Waals surface area contributed by atoms with Gasteiger partial charge in [0.25, 0.3) is 0 Å². The van der Waals surface area contributed by atoms with Crippen molar-refractivity contribution in [3.63, 3.8) is 0 Å². The van der Waals surface area contributed by atoms with Crippen molar-refractivity contribution in [2.24, 2.45) is 0 Å². The Morgan fingerprint density at radius 1 is 1.06 bits per heavy atom. The van der Waals surface area contributed by atoms with E-state index in [2.05, 4.69) is 15.5 Å². The van der Waals surface area contributed by atoms with Crippen molar-refractivity contribution in [3.8, 4) is 17.1 Å². The van der Waals surface area contributed by atoms with Gasteiger partial charge in [-0.05, 0) is 48.7 Å². The van der Waals surface area contributed by atoms with Crippen LogP contribution in [-0.4, -0.2) is 26.4 Å². The van der Waals surface area contributed by atoms with E-state index >= 15 is 0 Å². The molecule has 5 nitrogen and oxygen atoms in total. The van der Waals surface area contributed by atoms with Crippen molar-refractivity contribution < 1.29 is 9.18 Å². The first-order chi connectivity index (χ1) is 16.0. The SMILES string of the molecule is CCc1cccc(C)c1NC(=O)CSc1nnc(-c2ccccc2Cl)n1-c1ccccc1F. The standard InChI is InChI=1S/C25H22ClFN4OS/c1-3-17-10-8-9-16(2)23(17)28-22(32)15-33-25-30-29-24(18-11-4-5-12-19(18)26)31(25)21-14-7-6-13-20(21)27/h4-14H,3,15H2,1-2H3,(H,28,32). The molecule has 0 aliphatic carbocycles. The zero-order chi connectivity index (χ0) is 23.4. The van der Waals surface area contributed by atoms with Crippen LogP contribution in [0.15, 0.2) is 71.9 Å². The third kappa shape index (κ3) is 4.94. The molecule has 1 amide bonds. The molecular weight excluding hydrogens is 459 g/mol. The molecule has 0 bridgehead atoms. The molecule has 168 valence electrons. The number of rotatable bonds is 7. The zero-order valence-corrected chi connectivity index (χ0v) is 19.8. The Balaban J connectivity index is 1.64. The first-order valence-electron chi connectivity index (χ1n) is 10.5. The van der Waals surface area contributed by atoms with Gasteiger partial charge in [0.1, 0.15) is 5.82 Å². The predicted octanol–water partition coefficient (Wildman–Crippen LogP) is 6.33. The van der Waals surface area contributed by atoms with E-state index in [0.29, 0.717) is 21.6 Å². The van der Waals surface area contributed by atoms with Gasteiger partial charge in [0.05, 0.1) is 16.5 Å². The van der Waals surface area contributed by atoms with Crippen LogP contribution in [0, 0.1) is 12.7 Å². The van der Waals surface area contributed by atoms with Crippen LogP contribution < -0.4 is 5.32 Å². The van der Waals surface area contributed by atoms with E-state index in [9.17, 15) is 9.18 Å². The lowest BCUT2D eigenvalue weighted by molar-refractivity contribution is -0.113. The van der Waals surface area contributed by atoms with Crippen molar-refractivity contribution in [1.82, 2.24) is 14.8 Å². The van der Waals surface area contributed by atoms with Crippen LogP contribution in [0.4, 0.5) is 10.1 Å². The number of benzene rings is 3. The van der Waals surface area contributed by atoms with Gasteiger partial charge >= 0.3 is 0 Å². The van der Waals surface area contributed by atoms with Gasteiger partial charge in [0.2, 0.25) is 5.91 Å². The lowest BCUT2D eigenvalue weighted by Gasteiger charge is -2.14. The third-order valence-corrected chi connectivity index (χ3v) is 6.44. The predicted molar refractivity (Wildman–Crippen MR) is 132 cm³/mol. The smallest absolute Gasteiger partial charge is 0.234 e. The van der Waals surface area contributed by atoms with Crippen LogP contribution in [0.3, 0.4) is 0 Å². The maximum atomic E-state index is 14.7. The molecule has 0 spiro atoms. The Morgan fingerprint density at radius 3 is 2.58 bits per heavy atom. The number of hydrogen-bond acceptors (Lipinski definition) is 4. The summed E-state index contributed by atoms with van der Waals surface area (Å²) in [5, 5.41) is 12.4. The number of nitrogens with zero attached hydrogens (tertiary/aromatic N) is 3. The van der Waals surface area contributed by atoms with Crippen molar-refractivity contribution in [3.05, 3.63) is 88.7 Å². The van der Waals surface area contributed by atoms with Crippen LogP contribution in [-0.2, 0) is 11.2 Å². The summed E-state index contributed by atoms with van der Waals surface area (Å²) >= 11 is 7.57. The molecule has 0 atom stereocenters. The number of aryl methyl sites for hydroxylation is 2. The minimum atomic E-state index is -0.426. The molecule has 8 heteroatoms. The van der Waals surface area contributed by atoms with Gasteiger partial charge in [-0.2, -0.15) is 0 Å². The molecule has 0 unspecified atom stereocenters. The number of halogens is 2. The van der Waals surface area contributed by atoms with Crippen molar-refractivity contribution in [1.29, 1.82) is 0 Å². The summed E-state index contributed by atoms with van der Waals surface area (Å²) in [5.74, 6) is -0.108. The lowest BCUT2D eigenvalue weighted by Crippen LogP contribution is -2.16. The highest BCUT2D eigenvalue weighted by Gasteiger charge is 2.21. The molecule has 0 saturated carbocycles. The van der Waals surface area contributed by atoms with Crippen molar-refractivity contribution in [2.45, 2.75) is 25.4 Å². The van der Waals surface area contributed by atoms with E-state index in [-0.39, 0.29) is 17.3 Å². The second kappa shape index (κ2) is 10.2. The minimum absolute atomic E-state index is 0.0899. The number of carbonyl (C=O) groups is 1. The molecule has 4 rings (SSSR count). The minimum Gasteiger partial charge on any atom is -0.325 e. The van der Waals surface area contributed by atoms with Gasteiger partial charge in [-0.15, -0.1) is 10.2 Å². The second-order valence-electron chi connectivity index (χ2n) is 7.37. The Morgan fingerprint density at radius 2 is 1.82 bits per heavy atom. The maximum Gasteiger partial charge on any atom is 0.234 e. The fourth-order valence-corrected chi connectivity index (χ4v) is 4.50. The molecule has 0 aliphatic rings. The monoisotopic (exact) mass is 480 g/mol. The molecule has 33 heavy (non-hydrogen) atoms.